The number of rotatable bonds is 13. The zero-order chi connectivity index (χ0) is 12.8. The fraction of sp³-hybridized carbons (Fsp3) is 1.00. The summed E-state index contributed by atoms with van der Waals surface area (Å²) in [5.41, 5.74) is 0. The molecule has 1 nitrogen and oxygen atoms in total. The van der Waals surface area contributed by atoms with E-state index in [9.17, 15) is 0 Å². The summed E-state index contributed by atoms with van der Waals surface area (Å²) >= 11 is 0. The molecule has 0 aliphatic heterocycles. The van der Waals surface area contributed by atoms with Gasteiger partial charge in [0.05, 0.1) is 0 Å². The fourth-order valence-electron chi connectivity index (χ4n) is 2.27. The molecule has 0 amide bonds. The first-order valence-corrected chi connectivity index (χ1v) is 7.92. The molecular weight excluding hydrogens is 206 g/mol. The highest BCUT2D eigenvalue weighted by Gasteiger charge is 1.98. The van der Waals surface area contributed by atoms with Crippen LogP contribution in [0.15, 0.2) is 0 Å². The van der Waals surface area contributed by atoms with Gasteiger partial charge in [0.25, 0.3) is 0 Å². The van der Waals surface area contributed by atoms with E-state index in [0.29, 0.717) is 0 Å². The molecule has 0 aromatic heterocycles. The Morgan fingerprint density at radius 1 is 0.529 bits per heavy atom. The van der Waals surface area contributed by atoms with Crippen molar-refractivity contribution in [1.82, 2.24) is 4.90 Å². The Labute approximate surface area is 110 Å². The summed E-state index contributed by atoms with van der Waals surface area (Å²) in [6, 6.07) is 0. The topological polar surface area (TPSA) is 5.90 Å². The predicted octanol–water partition coefficient (Wildman–Crippen LogP) is 5.09. The van der Waals surface area contributed by atoms with Crippen LogP contribution in [0.5, 0.6) is 0 Å². The Kier molecular flexibility index (Phi) is 14.0. The molecule has 103 valence electrons. The summed E-state index contributed by atoms with van der Waals surface area (Å²) in [5.74, 6) is 0. The summed E-state index contributed by atoms with van der Waals surface area (Å²) < 4.78 is 0. The van der Waals surface area contributed by atoms with Gasteiger partial charge in [0.1, 0.15) is 20.6 Å². The van der Waals surface area contributed by atoms with Gasteiger partial charge in [-0.2, -0.15) is 4.90 Å². The van der Waals surface area contributed by atoms with Crippen LogP contribution in [0, 0.1) is 0 Å². The quantitative estimate of drug-likeness (QED) is 0.313. The van der Waals surface area contributed by atoms with Crippen LogP contribution in [0.4, 0.5) is 0 Å². The van der Waals surface area contributed by atoms with Gasteiger partial charge in [0.15, 0.2) is 0 Å². The first-order valence-electron chi connectivity index (χ1n) is 7.92. The van der Waals surface area contributed by atoms with Crippen molar-refractivity contribution in [2.45, 2.75) is 84.0 Å². The van der Waals surface area contributed by atoms with Crippen molar-refractivity contribution in [3.05, 3.63) is 0 Å². The minimum atomic E-state index is 1.26. The average molecular weight is 241 g/mol. The molecule has 0 atom stereocenters. The highest BCUT2D eigenvalue weighted by Crippen LogP contribution is 2.11. The van der Waals surface area contributed by atoms with Crippen molar-refractivity contribution in [1.29, 1.82) is 0 Å². The summed E-state index contributed by atoms with van der Waals surface area (Å²) in [6.07, 6.45) is 17.3. The highest BCUT2D eigenvalue weighted by molar-refractivity contribution is 4.51. The van der Waals surface area contributed by atoms with Crippen LogP contribution in [0.25, 0.3) is 0 Å². The summed E-state index contributed by atoms with van der Waals surface area (Å²) in [7, 11) is 4.33. The number of unbranched alkanes of at least 4 members (excludes halogenated alkanes) is 11. The van der Waals surface area contributed by atoms with Crippen molar-refractivity contribution in [2.75, 3.05) is 20.6 Å². The Morgan fingerprint density at radius 3 is 1.24 bits per heavy atom. The van der Waals surface area contributed by atoms with Crippen LogP contribution in [-0.4, -0.2) is 20.6 Å². The molecule has 17 heavy (non-hydrogen) atoms. The lowest BCUT2D eigenvalue weighted by Crippen LogP contribution is -2.19. The van der Waals surface area contributed by atoms with E-state index in [2.05, 4.69) is 25.9 Å². The molecule has 0 aromatic carbocycles. The second kappa shape index (κ2) is 14.0. The Balaban J connectivity index is 2.89. The number of nitrogens with zero attached hydrogens (tertiary/aromatic N) is 1. The third-order valence-corrected chi connectivity index (χ3v) is 3.46. The second-order valence-electron chi connectivity index (χ2n) is 5.69. The lowest BCUT2D eigenvalue weighted by atomic mass is 10.1. The average Bonchev–Trinajstić information content (AvgIpc) is 2.30. The molecule has 0 rings (SSSR count). The smallest absolute Gasteiger partial charge is 0.122 e. The molecule has 0 saturated carbocycles. The minimum absolute atomic E-state index is 1.26. The minimum Gasteiger partial charge on any atom is -0.175 e. The maximum atomic E-state index is 2.29. The van der Waals surface area contributed by atoms with E-state index in [1.54, 1.807) is 0 Å². The molecular formula is C16H35N+. The van der Waals surface area contributed by atoms with Gasteiger partial charge in [-0.1, -0.05) is 71.1 Å². The van der Waals surface area contributed by atoms with E-state index >= 15 is 0 Å². The van der Waals surface area contributed by atoms with Crippen LogP contribution in [0.2, 0.25) is 0 Å². The van der Waals surface area contributed by atoms with Gasteiger partial charge in [-0.15, -0.1) is 0 Å². The Morgan fingerprint density at radius 2 is 0.882 bits per heavy atom. The molecule has 1 heteroatoms. The lowest BCUT2D eigenvalue weighted by Gasteiger charge is -2.03. The van der Waals surface area contributed by atoms with Crippen LogP contribution in [-0.2, 0) is 0 Å². The van der Waals surface area contributed by atoms with Crippen molar-refractivity contribution in [3.8, 4) is 0 Å². The van der Waals surface area contributed by atoms with Gasteiger partial charge in [0, 0.05) is 6.42 Å². The maximum absolute atomic E-state index is 2.29. The lowest BCUT2D eigenvalue weighted by molar-refractivity contribution is 0.501. The Bertz CT molecular complexity index is 131. The van der Waals surface area contributed by atoms with Gasteiger partial charge < -0.3 is 0 Å². The van der Waals surface area contributed by atoms with Crippen LogP contribution >= 0.6 is 0 Å². The fourth-order valence-corrected chi connectivity index (χ4v) is 2.27. The number of hydrogen-bond donors (Lipinski definition) is 0. The van der Waals surface area contributed by atoms with E-state index in [-0.39, 0.29) is 0 Å². The molecule has 0 saturated heterocycles. The predicted molar refractivity (Wildman–Crippen MR) is 79.9 cm³/mol. The van der Waals surface area contributed by atoms with E-state index in [4.69, 9.17) is 0 Å². The van der Waals surface area contributed by atoms with Gasteiger partial charge in [-0.25, -0.2) is 0 Å². The van der Waals surface area contributed by atoms with Gasteiger partial charge in [0.2, 0.25) is 0 Å². The zero-order valence-electron chi connectivity index (χ0n) is 12.6. The van der Waals surface area contributed by atoms with Crippen molar-refractivity contribution < 1.29 is 0 Å². The molecule has 0 fully saturated rings. The molecule has 0 spiro atoms. The van der Waals surface area contributed by atoms with E-state index in [1.807, 2.05) is 0 Å². The molecule has 0 N–H and O–H groups in total. The van der Waals surface area contributed by atoms with Gasteiger partial charge in [-0.05, 0) is 6.42 Å². The molecule has 0 aliphatic carbocycles. The molecule has 0 aromatic rings. The van der Waals surface area contributed by atoms with E-state index < -0.39 is 0 Å². The van der Waals surface area contributed by atoms with Crippen molar-refractivity contribution in [2.24, 2.45) is 0 Å². The normalized spacial score (nSPS) is 11.3. The summed E-state index contributed by atoms with van der Waals surface area (Å²) in [5, 5.41) is 0. The Hall–Kier alpha value is -0.0400. The van der Waals surface area contributed by atoms with E-state index in [1.165, 1.54) is 83.6 Å². The monoisotopic (exact) mass is 241 g/mol. The molecule has 0 aliphatic rings. The largest absolute Gasteiger partial charge is 0.175 e. The summed E-state index contributed by atoms with van der Waals surface area (Å²) in [6.45, 7) is 3.55. The third-order valence-electron chi connectivity index (χ3n) is 3.46. The third kappa shape index (κ3) is 16.0. The maximum Gasteiger partial charge on any atom is 0.122 e. The van der Waals surface area contributed by atoms with Crippen molar-refractivity contribution in [3.63, 3.8) is 0 Å². The van der Waals surface area contributed by atoms with Gasteiger partial charge in [-0.3, -0.25) is 0 Å². The number of hydrogen-bond acceptors (Lipinski definition) is 1. The molecule has 1 radical (unpaired) electrons. The standard InChI is InChI=1S/C16H35N/c1-4-5-6-7-8-9-10-11-12-13-14-15-16-17(2)3/h4-16H2,1-3H3/q+1. The van der Waals surface area contributed by atoms with Crippen LogP contribution in [0.1, 0.15) is 84.0 Å². The van der Waals surface area contributed by atoms with Crippen LogP contribution in [0.3, 0.4) is 0 Å². The van der Waals surface area contributed by atoms with Crippen molar-refractivity contribution >= 4 is 0 Å². The zero-order valence-corrected chi connectivity index (χ0v) is 12.6. The first kappa shape index (κ1) is 17.0. The van der Waals surface area contributed by atoms with E-state index in [0.717, 1.165) is 0 Å². The summed E-state index contributed by atoms with van der Waals surface area (Å²) in [4.78, 5) is 2.29. The SMILES string of the molecule is CCCCCCCCCCCCCC[N+](C)C. The highest BCUT2D eigenvalue weighted by atomic mass is 15.0. The second-order valence-corrected chi connectivity index (χ2v) is 5.69. The molecule has 0 bridgehead atoms. The van der Waals surface area contributed by atoms with Gasteiger partial charge >= 0.3 is 0 Å². The first-order chi connectivity index (χ1) is 8.27. The molecule has 0 heterocycles. The van der Waals surface area contributed by atoms with Crippen LogP contribution < -0.4 is 4.90 Å². The molecule has 0 unspecified atom stereocenters.